The van der Waals surface area contributed by atoms with Gasteiger partial charge in [-0.15, -0.1) is 0 Å². The zero-order valence-corrected chi connectivity index (χ0v) is 11.7. The van der Waals surface area contributed by atoms with Gasteiger partial charge in [0, 0.05) is 11.3 Å². The van der Waals surface area contributed by atoms with Gasteiger partial charge in [-0.1, -0.05) is 18.2 Å². The molecule has 21 heavy (non-hydrogen) atoms. The number of aryl methyl sites for hydroxylation is 1. The normalized spacial score (nSPS) is 13.5. The van der Waals surface area contributed by atoms with E-state index in [1.54, 1.807) is 19.1 Å². The molecule has 0 saturated carbocycles. The Morgan fingerprint density at radius 2 is 1.86 bits per heavy atom. The minimum Gasteiger partial charge on any atom is -0.479 e. The molecule has 0 heterocycles. The van der Waals surface area contributed by atoms with Crippen molar-refractivity contribution >= 4 is 11.7 Å². The lowest BCUT2D eigenvalue weighted by Gasteiger charge is -2.28. The van der Waals surface area contributed by atoms with E-state index in [1.807, 2.05) is 0 Å². The summed E-state index contributed by atoms with van der Waals surface area (Å²) in [7, 11) is 0. The molecule has 0 aliphatic heterocycles. The first-order valence-corrected chi connectivity index (χ1v) is 6.37. The first-order valence-electron chi connectivity index (χ1n) is 6.37. The molecule has 1 atom stereocenters. The van der Waals surface area contributed by atoms with E-state index in [0.717, 1.165) is 0 Å². The summed E-state index contributed by atoms with van der Waals surface area (Å²) in [5.74, 6) is -2.38. The van der Waals surface area contributed by atoms with Crippen molar-refractivity contribution in [3.63, 3.8) is 0 Å². The van der Waals surface area contributed by atoms with Crippen molar-refractivity contribution in [3.8, 4) is 0 Å². The van der Waals surface area contributed by atoms with Crippen LogP contribution >= 0.6 is 0 Å². The summed E-state index contributed by atoms with van der Waals surface area (Å²) >= 11 is 0. The Labute approximate surface area is 121 Å². The summed E-state index contributed by atoms with van der Waals surface area (Å²) in [4.78, 5) is 11.6. The third kappa shape index (κ3) is 3.02. The highest BCUT2D eigenvalue weighted by molar-refractivity contribution is 5.84. The fourth-order valence-electron chi connectivity index (χ4n) is 2.20. The van der Waals surface area contributed by atoms with Crippen LogP contribution in [0.5, 0.6) is 0 Å². The molecule has 0 bridgehead atoms. The fraction of sp³-hybridized carbons (Fsp3) is 0.188. The minimum absolute atomic E-state index is 0.0144. The van der Waals surface area contributed by atoms with Crippen LogP contribution in [0.25, 0.3) is 0 Å². The van der Waals surface area contributed by atoms with Crippen LogP contribution in [0.4, 0.5) is 14.5 Å². The molecule has 0 aromatic heterocycles. The number of nitrogens with one attached hydrogen (secondary N) is 1. The van der Waals surface area contributed by atoms with Gasteiger partial charge in [0.25, 0.3) is 0 Å². The van der Waals surface area contributed by atoms with Gasteiger partial charge in [-0.2, -0.15) is 0 Å². The second-order valence-electron chi connectivity index (χ2n) is 5.05. The Kier molecular flexibility index (Phi) is 3.93. The van der Waals surface area contributed by atoms with Crippen LogP contribution in [0.3, 0.4) is 0 Å². The second kappa shape index (κ2) is 5.52. The summed E-state index contributed by atoms with van der Waals surface area (Å²) in [6.07, 6.45) is 0. The quantitative estimate of drug-likeness (QED) is 0.903. The zero-order valence-electron chi connectivity index (χ0n) is 11.7. The van der Waals surface area contributed by atoms with Crippen molar-refractivity contribution in [1.29, 1.82) is 0 Å². The van der Waals surface area contributed by atoms with E-state index < -0.39 is 23.1 Å². The maximum absolute atomic E-state index is 13.9. The van der Waals surface area contributed by atoms with E-state index in [1.165, 1.54) is 37.3 Å². The minimum atomic E-state index is -1.70. The number of aliphatic carboxylic acids is 1. The van der Waals surface area contributed by atoms with E-state index in [4.69, 9.17) is 0 Å². The van der Waals surface area contributed by atoms with Gasteiger partial charge in [0.1, 0.15) is 11.6 Å². The van der Waals surface area contributed by atoms with Crippen LogP contribution in [0.2, 0.25) is 0 Å². The van der Waals surface area contributed by atoms with Gasteiger partial charge in [0.2, 0.25) is 0 Å². The van der Waals surface area contributed by atoms with E-state index >= 15 is 0 Å². The summed E-state index contributed by atoms with van der Waals surface area (Å²) in [5, 5.41) is 12.2. The van der Waals surface area contributed by atoms with Crippen molar-refractivity contribution in [2.45, 2.75) is 19.4 Å². The monoisotopic (exact) mass is 291 g/mol. The molecule has 1 unspecified atom stereocenters. The predicted molar refractivity (Wildman–Crippen MR) is 76.1 cm³/mol. The van der Waals surface area contributed by atoms with Gasteiger partial charge in [-0.3, -0.25) is 0 Å². The molecule has 2 aromatic carbocycles. The number of benzene rings is 2. The first kappa shape index (κ1) is 15.0. The Morgan fingerprint density at radius 3 is 2.43 bits per heavy atom. The molecule has 2 rings (SSSR count). The third-order valence-electron chi connectivity index (χ3n) is 3.28. The van der Waals surface area contributed by atoms with Crippen LogP contribution in [0, 0.1) is 18.6 Å². The van der Waals surface area contributed by atoms with Crippen molar-refractivity contribution < 1.29 is 18.7 Å². The van der Waals surface area contributed by atoms with E-state index in [9.17, 15) is 18.7 Å². The number of carboxylic acids is 1. The molecule has 0 aliphatic rings. The number of halogens is 2. The second-order valence-corrected chi connectivity index (χ2v) is 5.05. The highest BCUT2D eigenvalue weighted by atomic mass is 19.1. The standard InChI is InChI=1S/C16H15F2NO2/c1-10-7-11(17)9-12(8-10)19-16(2,15(20)21)13-5-3-4-6-14(13)18/h3-9,19H,1-2H3,(H,20,21). The number of hydrogen-bond donors (Lipinski definition) is 2. The lowest BCUT2D eigenvalue weighted by Crippen LogP contribution is -2.41. The lowest BCUT2D eigenvalue weighted by molar-refractivity contribution is -0.142. The average molecular weight is 291 g/mol. The molecule has 0 spiro atoms. The van der Waals surface area contributed by atoms with E-state index in [0.29, 0.717) is 5.56 Å². The molecule has 2 N–H and O–H groups in total. The Hall–Kier alpha value is -2.43. The molecule has 0 saturated heterocycles. The van der Waals surface area contributed by atoms with Crippen molar-refractivity contribution in [3.05, 3.63) is 65.2 Å². The largest absolute Gasteiger partial charge is 0.479 e. The summed E-state index contributed by atoms with van der Waals surface area (Å²) in [5.41, 5.74) is -0.801. The third-order valence-corrected chi connectivity index (χ3v) is 3.28. The number of rotatable bonds is 4. The van der Waals surface area contributed by atoms with Crippen LogP contribution in [0.15, 0.2) is 42.5 Å². The Balaban J connectivity index is 2.49. The average Bonchev–Trinajstić information content (AvgIpc) is 2.37. The van der Waals surface area contributed by atoms with Gasteiger partial charge in [0.15, 0.2) is 5.54 Å². The van der Waals surface area contributed by atoms with E-state index in [2.05, 4.69) is 5.32 Å². The van der Waals surface area contributed by atoms with Gasteiger partial charge in [0.05, 0.1) is 0 Å². The Morgan fingerprint density at radius 1 is 1.19 bits per heavy atom. The molecule has 0 amide bonds. The molecular weight excluding hydrogens is 276 g/mol. The van der Waals surface area contributed by atoms with Crippen LogP contribution in [-0.4, -0.2) is 11.1 Å². The number of hydrogen-bond acceptors (Lipinski definition) is 2. The summed E-state index contributed by atoms with van der Waals surface area (Å²) in [6.45, 7) is 3.03. The molecule has 110 valence electrons. The predicted octanol–water partition coefficient (Wildman–Crippen LogP) is 3.69. The molecule has 2 aromatic rings. The van der Waals surface area contributed by atoms with Crippen molar-refractivity contribution in [1.82, 2.24) is 0 Å². The van der Waals surface area contributed by atoms with Gasteiger partial charge >= 0.3 is 5.97 Å². The smallest absolute Gasteiger partial charge is 0.333 e. The summed E-state index contributed by atoms with van der Waals surface area (Å²) in [6, 6.07) is 9.72. The highest BCUT2D eigenvalue weighted by Crippen LogP contribution is 2.29. The molecular formula is C16H15F2NO2. The summed E-state index contributed by atoms with van der Waals surface area (Å²) < 4.78 is 27.4. The Bertz CT molecular complexity index is 667. The van der Waals surface area contributed by atoms with Gasteiger partial charge in [-0.25, -0.2) is 13.6 Å². The molecule has 5 heteroatoms. The van der Waals surface area contributed by atoms with Gasteiger partial charge in [-0.05, 0) is 43.7 Å². The van der Waals surface area contributed by atoms with Crippen LogP contribution in [-0.2, 0) is 10.3 Å². The molecule has 3 nitrogen and oxygen atoms in total. The van der Waals surface area contributed by atoms with Crippen LogP contribution < -0.4 is 5.32 Å². The van der Waals surface area contributed by atoms with Crippen LogP contribution in [0.1, 0.15) is 18.1 Å². The lowest BCUT2D eigenvalue weighted by atomic mass is 9.91. The fourth-order valence-corrected chi connectivity index (χ4v) is 2.20. The SMILES string of the molecule is Cc1cc(F)cc(NC(C)(C(=O)O)c2ccccc2F)c1. The van der Waals surface area contributed by atoms with Crippen molar-refractivity contribution in [2.24, 2.45) is 0 Å². The van der Waals surface area contributed by atoms with Crippen molar-refractivity contribution in [2.75, 3.05) is 5.32 Å². The van der Waals surface area contributed by atoms with Gasteiger partial charge < -0.3 is 10.4 Å². The molecule has 0 aliphatic carbocycles. The highest BCUT2D eigenvalue weighted by Gasteiger charge is 2.37. The maximum Gasteiger partial charge on any atom is 0.333 e. The molecule has 0 radical (unpaired) electrons. The molecule has 0 fully saturated rings. The van der Waals surface area contributed by atoms with E-state index in [-0.39, 0.29) is 11.3 Å². The topological polar surface area (TPSA) is 49.3 Å². The zero-order chi connectivity index (χ0) is 15.6. The first-order chi connectivity index (χ1) is 9.83. The number of anilines is 1. The maximum atomic E-state index is 13.9. The number of carbonyl (C=O) groups is 1. The number of carboxylic acid groups (broad SMARTS) is 1.